The minimum Gasteiger partial charge on any atom is -0.381 e. The van der Waals surface area contributed by atoms with Gasteiger partial charge >= 0.3 is 0 Å². The van der Waals surface area contributed by atoms with Crippen LogP contribution >= 0.6 is 12.4 Å². The maximum atomic E-state index is 13.3. The second-order valence-electron chi connectivity index (χ2n) is 7.18. The van der Waals surface area contributed by atoms with Crippen LogP contribution in [0.2, 0.25) is 0 Å². The summed E-state index contributed by atoms with van der Waals surface area (Å²) in [6.45, 7) is 3.27. The average molecular weight is 387 g/mol. The number of ether oxygens (including phenoxy) is 2. The van der Waals surface area contributed by atoms with Crippen LogP contribution in [0.15, 0.2) is 24.3 Å². The molecule has 146 valence electrons. The van der Waals surface area contributed by atoms with Crippen LogP contribution in [0, 0.1) is 11.2 Å². The first-order chi connectivity index (χ1) is 12.1. The Labute approximate surface area is 160 Å². The lowest BCUT2D eigenvalue weighted by molar-refractivity contribution is -0.136. The maximum Gasteiger partial charge on any atom is 0.227 e. The molecule has 26 heavy (non-hydrogen) atoms. The number of halogens is 2. The topological polar surface area (TPSA) is 73.6 Å². The van der Waals surface area contributed by atoms with E-state index in [0.717, 1.165) is 18.4 Å². The molecular formula is C19H28ClFN2O3. The number of hydrogen-bond donors (Lipinski definition) is 2. The fraction of sp³-hybridized carbons (Fsp3) is 0.632. The zero-order chi connectivity index (χ0) is 17.8. The van der Waals surface area contributed by atoms with Crippen molar-refractivity contribution in [3.8, 4) is 0 Å². The first-order valence-corrected chi connectivity index (χ1v) is 9.00. The fourth-order valence-corrected chi connectivity index (χ4v) is 3.86. The number of nitrogens with two attached hydrogens (primary N) is 1. The van der Waals surface area contributed by atoms with Crippen LogP contribution in [0.3, 0.4) is 0 Å². The lowest BCUT2D eigenvalue weighted by Gasteiger charge is -2.40. The molecule has 0 aromatic heterocycles. The van der Waals surface area contributed by atoms with E-state index in [0.29, 0.717) is 52.4 Å². The van der Waals surface area contributed by atoms with Crippen LogP contribution in [0.5, 0.6) is 0 Å². The van der Waals surface area contributed by atoms with Gasteiger partial charge in [0.2, 0.25) is 5.91 Å². The average Bonchev–Trinajstić information content (AvgIpc) is 2.68. The van der Waals surface area contributed by atoms with Crippen LogP contribution in [0.25, 0.3) is 0 Å². The van der Waals surface area contributed by atoms with Gasteiger partial charge in [-0.3, -0.25) is 4.79 Å². The van der Waals surface area contributed by atoms with E-state index in [9.17, 15) is 9.18 Å². The van der Waals surface area contributed by atoms with Crippen molar-refractivity contribution < 1.29 is 18.7 Å². The number of nitrogens with one attached hydrogen (secondary N) is 1. The van der Waals surface area contributed by atoms with Crippen LogP contribution in [0.1, 0.15) is 31.2 Å². The molecular weight excluding hydrogens is 359 g/mol. The molecule has 2 aliphatic rings. The summed E-state index contributed by atoms with van der Waals surface area (Å²) in [6, 6.07) is 6.60. The molecule has 2 heterocycles. The highest BCUT2D eigenvalue weighted by Crippen LogP contribution is 2.35. The lowest BCUT2D eigenvalue weighted by atomic mass is 9.73. The lowest BCUT2D eigenvalue weighted by Crippen LogP contribution is -2.53. The number of hydrogen-bond acceptors (Lipinski definition) is 4. The predicted octanol–water partition coefficient (Wildman–Crippen LogP) is 2.17. The molecule has 3 N–H and O–H groups in total. The minimum atomic E-state index is -0.534. The molecule has 2 fully saturated rings. The van der Waals surface area contributed by atoms with Crippen molar-refractivity contribution >= 4 is 18.3 Å². The first-order valence-electron chi connectivity index (χ1n) is 9.00. The van der Waals surface area contributed by atoms with E-state index in [1.165, 1.54) is 12.1 Å². The normalized spacial score (nSPS) is 21.5. The second-order valence-corrected chi connectivity index (χ2v) is 7.18. The Bertz CT molecular complexity index is 585. The summed E-state index contributed by atoms with van der Waals surface area (Å²) in [7, 11) is 0. The number of amides is 1. The molecule has 0 unspecified atom stereocenters. The molecule has 7 heteroatoms. The van der Waals surface area contributed by atoms with E-state index in [1.807, 2.05) is 12.1 Å². The zero-order valence-corrected chi connectivity index (χ0v) is 15.8. The van der Waals surface area contributed by atoms with Gasteiger partial charge < -0.3 is 20.5 Å². The highest BCUT2D eigenvalue weighted by atomic mass is 35.5. The van der Waals surface area contributed by atoms with Crippen molar-refractivity contribution in [3.05, 3.63) is 35.6 Å². The van der Waals surface area contributed by atoms with Gasteiger partial charge in [0, 0.05) is 44.9 Å². The molecule has 0 aliphatic carbocycles. The van der Waals surface area contributed by atoms with Crippen LogP contribution in [0.4, 0.5) is 4.39 Å². The zero-order valence-electron chi connectivity index (χ0n) is 15.0. The molecule has 1 amide bonds. The van der Waals surface area contributed by atoms with Crippen molar-refractivity contribution in [1.29, 1.82) is 0 Å². The number of carbonyl (C=O) groups is 1. The standard InChI is InChI=1S/C19H27FN2O3.ClH/c20-16-3-1-15(2-4-16)19(7-11-25-12-8-19)14-22-17(23)18(13-21)5-9-24-10-6-18;/h1-4H,5-14,21H2,(H,22,23);1H. The molecule has 2 aliphatic heterocycles. The Morgan fingerprint density at radius 1 is 1.04 bits per heavy atom. The van der Waals surface area contributed by atoms with Gasteiger partial charge in [0.15, 0.2) is 0 Å². The van der Waals surface area contributed by atoms with Crippen LogP contribution < -0.4 is 11.1 Å². The van der Waals surface area contributed by atoms with E-state index in [-0.39, 0.29) is 29.5 Å². The van der Waals surface area contributed by atoms with Gasteiger partial charge in [-0.25, -0.2) is 4.39 Å². The molecule has 0 bridgehead atoms. The van der Waals surface area contributed by atoms with E-state index < -0.39 is 5.41 Å². The maximum absolute atomic E-state index is 13.3. The summed E-state index contributed by atoms with van der Waals surface area (Å²) in [6.07, 6.45) is 2.92. The van der Waals surface area contributed by atoms with E-state index >= 15 is 0 Å². The number of carbonyl (C=O) groups excluding carboxylic acids is 1. The summed E-state index contributed by atoms with van der Waals surface area (Å²) in [4.78, 5) is 12.9. The summed E-state index contributed by atoms with van der Waals surface area (Å²) in [5, 5.41) is 3.14. The summed E-state index contributed by atoms with van der Waals surface area (Å²) in [5.74, 6) is -0.245. The third kappa shape index (κ3) is 4.36. The quantitative estimate of drug-likeness (QED) is 0.813. The van der Waals surface area contributed by atoms with Gasteiger partial charge in [0.05, 0.1) is 5.41 Å². The Morgan fingerprint density at radius 2 is 1.58 bits per heavy atom. The SMILES string of the molecule is Cl.NCC1(C(=O)NCC2(c3ccc(F)cc3)CCOCC2)CCOCC1. The third-order valence-electron chi connectivity index (χ3n) is 5.82. The summed E-state index contributed by atoms with van der Waals surface area (Å²) >= 11 is 0. The van der Waals surface area contributed by atoms with Gasteiger partial charge in [0.1, 0.15) is 5.82 Å². The van der Waals surface area contributed by atoms with Crippen LogP contribution in [-0.2, 0) is 19.7 Å². The van der Waals surface area contributed by atoms with Gasteiger partial charge in [-0.2, -0.15) is 0 Å². The van der Waals surface area contributed by atoms with E-state index in [2.05, 4.69) is 5.32 Å². The number of rotatable bonds is 5. The molecule has 1 aromatic rings. The highest BCUT2D eigenvalue weighted by molar-refractivity contribution is 5.85. The fourth-order valence-electron chi connectivity index (χ4n) is 3.86. The third-order valence-corrected chi connectivity index (χ3v) is 5.82. The van der Waals surface area contributed by atoms with Crippen molar-refractivity contribution in [2.24, 2.45) is 11.1 Å². The largest absolute Gasteiger partial charge is 0.381 e. The molecule has 3 rings (SSSR count). The monoisotopic (exact) mass is 386 g/mol. The molecule has 0 atom stereocenters. The number of benzene rings is 1. The summed E-state index contributed by atoms with van der Waals surface area (Å²) < 4.78 is 24.2. The van der Waals surface area contributed by atoms with Gasteiger partial charge in [-0.1, -0.05) is 12.1 Å². The smallest absolute Gasteiger partial charge is 0.227 e. The van der Waals surface area contributed by atoms with Crippen molar-refractivity contribution in [3.63, 3.8) is 0 Å². The molecule has 5 nitrogen and oxygen atoms in total. The Hall–Kier alpha value is -1.21. The summed E-state index contributed by atoms with van der Waals surface area (Å²) in [5.41, 5.74) is 6.22. The Balaban J connectivity index is 0.00000243. The molecule has 1 aromatic carbocycles. The minimum absolute atomic E-state index is 0. The molecule has 0 saturated carbocycles. The Kier molecular flexibility index (Phi) is 7.41. The van der Waals surface area contributed by atoms with Gasteiger partial charge in [-0.05, 0) is 43.4 Å². The van der Waals surface area contributed by atoms with Gasteiger partial charge in [0.25, 0.3) is 0 Å². The Morgan fingerprint density at radius 3 is 2.12 bits per heavy atom. The molecule has 0 radical (unpaired) electrons. The van der Waals surface area contributed by atoms with E-state index in [4.69, 9.17) is 15.2 Å². The van der Waals surface area contributed by atoms with E-state index in [1.54, 1.807) is 0 Å². The van der Waals surface area contributed by atoms with Crippen molar-refractivity contribution in [2.45, 2.75) is 31.1 Å². The van der Waals surface area contributed by atoms with Crippen molar-refractivity contribution in [1.82, 2.24) is 5.32 Å². The van der Waals surface area contributed by atoms with Crippen molar-refractivity contribution in [2.75, 3.05) is 39.5 Å². The van der Waals surface area contributed by atoms with Crippen LogP contribution in [-0.4, -0.2) is 45.4 Å². The first kappa shape index (κ1) is 21.1. The predicted molar refractivity (Wildman–Crippen MR) is 99.9 cm³/mol. The highest BCUT2D eigenvalue weighted by Gasteiger charge is 2.41. The van der Waals surface area contributed by atoms with Gasteiger partial charge in [-0.15, -0.1) is 12.4 Å². The second kappa shape index (κ2) is 9.13. The molecule has 0 spiro atoms. The molecule has 2 saturated heterocycles.